The second kappa shape index (κ2) is 7.89. The van der Waals surface area contributed by atoms with Gasteiger partial charge in [0.05, 0.1) is 6.26 Å². The molecule has 8 nitrogen and oxygen atoms in total. The predicted octanol–water partition coefficient (Wildman–Crippen LogP) is 2.72. The molecule has 3 aromatic rings. The molecule has 9 heteroatoms. The largest absolute Gasteiger partial charge is 0.292 e. The Morgan fingerprint density at radius 2 is 1.71 bits per heavy atom. The Morgan fingerprint density at radius 1 is 1.07 bits per heavy atom. The van der Waals surface area contributed by atoms with Gasteiger partial charge in [-0.1, -0.05) is 38.1 Å². The van der Waals surface area contributed by atoms with E-state index in [0.717, 1.165) is 11.8 Å². The van der Waals surface area contributed by atoms with Crippen LogP contribution in [0.1, 0.15) is 35.7 Å². The van der Waals surface area contributed by atoms with Gasteiger partial charge in [0.2, 0.25) is 15.8 Å². The fourth-order valence-electron chi connectivity index (χ4n) is 2.60. The molecule has 146 valence electrons. The van der Waals surface area contributed by atoms with Crippen LogP contribution in [0.15, 0.2) is 48.5 Å². The lowest BCUT2D eigenvalue weighted by Gasteiger charge is -2.05. The van der Waals surface area contributed by atoms with Crippen LogP contribution in [-0.4, -0.2) is 40.7 Å². The molecule has 0 saturated heterocycles. The number of benzene rings is 2. The first-order valence-electron chi connectivity index (χ1n) is 8.70. The standard InChI is InChI=1S/C19H21N5O3S/c1-13(2)14-4-6-16(7-5-14)19-20-23-24(21-19)12-18(25)15-8-10-17(11-9-15)22-28(3,26)27/h4-11,13,22H,12H2,1-3H3. The molecule has 2 aromatic carbocycles. The van der Waals surface area contributed by atoms with Crippen LogP contribution in [0, 0.1) is 0 Å². The summed E-state index contributed by atoms with van der Waals surface area (Å²) in [5.74, 6) is 0.690. The summed E-state index contributed by atoms with van der Waals surface area (Å²) >= 11 is 0. The van der Waals surface area contributed by atoms with E-state index in [-0.39, 0.29) is 12.3 Å². The summed E-state index contributed by atoms with van der Waals surface area (Å²) in [6.45, 7) is 4.19. The second-order valence-corrected chi connectivity index (χ2v) is 8.54. The van der Waals surface area contributed by atoms with E-state index >= 15 is 0 Å². The number of anilines is 1. The van der Waals surface area contributed by atoms with Gasteiger partial charge in [-0.05, 0) is 41.0 Å². The summed E-state index contributed by atoms with van der Waals surface area (Å²) < 4.78 is 24.8. The highest BCUT2D eigenvalue weighted by Gasteiger charge is 2.12. The van der Waals surface area contributed by atoms with E-state index in [1.807, 2.05) is 24.3 Å². The third-order valence-corrected chi connectivity index (χ3v) is 4.69. The molecule has 0 aliphatic carbocycles. The summed E-state index contributed by atoms with van der Waals surface area (Å²) in [5, 5.41) is 12.2. The van der Waals surface area contributed by atoms with Gasteiger partial charge in [0.25, 0.3) is 0 Å². The smallest absolute Gasteiger partial charge is 0.229 e. The maximum Gasteiger partial charge on any atom is 0.229 e. The molecule has 3 rings (SSSR count). The summed E-state index contributed by atoms with van der Waals surface area (Å²) in [7, 11) is -3.36. The maximum absolute atomic E-state index is 12.4. The van der Waals surface area contributed by atoms with Crippen molar-refractivity contribution in [3.05, 3.63) is 59.7 Å². The molecule has 0 aliphatic heterocycles. The molecule has 1 heterocycles. The summed E-state index contributed by atoms with van der Waals surface area (Å²) in [6, 6.07) is 14.1. The van der Waals surface area contributed by atoms with Gasteiger partial charge in [0.1, 0.15) is 6.54 Å². The minimum atomic E-state index is -3.36. The van der Waals surface area contributed by atoms with E-state index in [9.17, 15) is 13.2 Å². The molecular formula is C19H21N5O3S. The number of nitrogens with one attached hydrogen (secondary N) is 1. The van der Waals surface area contributed by atoms with Crippen molar-refractivity contribution in [2.45, 2.75) is 26.3 Å². The Bertz CT molecular complexity index is 1070. The monoisotopic (exact) mass is 399 g/mol. The van der Waals surface area contributed by atoms with Gasteiger partial charge in [-0.2, -0.15) is 4.80 Å². The number of rotatable bonds is 7. The van der Waals surface area contributed by atoms with Gasteiger partial charge in [-0.25, -0.2) is 8.42 Å². The lowest BCUT2D eigenvalue weighted by Crippen LogP contribution is -2.14. The molecule has 1 N–H and O–H groups in total. The van der Waals surface area contributed by atoms with Crippen LogP contribution in [0.25, 0.3) is 11.4 Å². The van der Waals surface area contributed by atoms with E-state index in [1.165, 1.54) is 22.5 Å². The SMILES string of the molecule is CC(C)c1ccc(-c2nnn(CC(=O)c3ccc(NS(C)(=O)=O)cc3)n2)cc1. The minimum Gasteiger partial charge on any atom is -0.292 e. The summed E-state index contributed by atoms with van der Waals surface area (Å²) in [4.78, 5) is 13.7. The normalized spacial score (nSPS) is 11.6. The van der Waals surface area contributed by atoms with Crippen LogP contribution in [0.4, 0.5) is 5.69 Å². The molecule has 0 unspecified atom stereocenters. The Labute approximate surface area is 163 Å². The molecule has 0 fully saturated rings. The zero-order valence-electron chi connectivity index (χ0n) is 15.8. The molecule has 1 aromatic heterocycles. The van der Waals surface area contributed by atoms with Crippen LogP contribution in [0.2, 0.25) is 0 Å². The Morgan fingerprint density at radius 3 is 2.29 bits per heavy atom. The number of carbonyl (C=O) groups excluding carboxylic acids is 1. The third kappa shape index (κ3) is 5.01. The van der Waals surface area contributed by atoms with Crippen molar-refractivity contribution in [2.24, 2.45) is 0 Å². The lowest BCUT2D eigenvalue weighted by molar-refractivity contribution is 0.0961. The summed E-state index contributed by atoms with van der Waals surface area (Å²) in [5.41, 5.74) is 2.88. The van der Waals surface area contributed by atoms with Crippen molar-refractivity contribution in [1.82, 2.24) is 20.2 Å². The van der Waals surface area contributed by atoms with Crippen molar-refractivity contribution in [3.63, 3.8) is 0 Å². The first-order valence-corrected chi connectivity index (χ1v) is 10.6. The molecule has 28 heavy (non-hydrogen) atoms. The first-order chi connectivity index (χ1) is 13.2. The van der Waals surface area contributed by atoms with Crippen LogP contribution in [0.5, 0.6) is 0 Å². The summed E-state index contributed by atoms with van der Waals surface area (Å²) in [6.07, 6.45) is 1.07. The van der Waals surface area contributed by atoms with Gasteiger partial charge < -0.3 is 0 Å². The molecule has 0 radical (unpaired) electrons. The molecular weight excluding hydrogens is 378 g/mol. The van der Waals surface area contributed by atoms with Crippen LogP contribution in [-0.2, 0) is 16.6 Å². The molecule has 0 saturated carbocycles. The highest BCUT2D eigenvalue weighted by Crippen LogP contribution is 2.19. The van der Waals surface area contributed by atoms with E-state index < -0.39 is 10.0 Å². The highest BCUT2D eigenvalue weighted by atomic mass is 32.2. The topological polar surface area (TPSA) is 107 Å². The number of nitrogens with zero attached hydrogens (tertiary/aromatic N) is 4. The van der Waals surface area contributed by atoms with Crippen LogP contribution in [0.3, 0.4) is 0 Å². The fourth-order valence-corrected chi connectivity index (χ4v) is 3.17. The van der Waals surface area contributed by atoms with Crippen molar-refractivity contribution in [3.8, 4) is 11.4 Å². The number of sulfonamides is 1. The van der Waals surface area contributed by atoms with Crippen molar-refractivity contribution >= 4 is 21.5 Å². The second-order valence-electron chi connectivity index (χ2n) is 6.79. The Balaban J connectivity index is 1.68. The van der Waals surface area contributed by atoms with E-state index in [4.69, 9.17) is 0 Å². The molecule has 0 aliphatic rings. The van der Waals surface area contributed by atoms with Crippen LogP contribution < -0.4 is 4.72 Å². The average molecular weight is 399 g/mol. The number of hydrogen-bond acceptors (Lipinski definition) is 6. The number of Topliss-reactive ketones (excluding diaryl/α,β-unsaturated/α-hetero) is 1. The maximum atomic E-state index is 12.4. The number of aromatic nitrogens is 4. The Kier molecular flexibility index (Phi) is 5.55. The van der Waals surface area contributed by atoms with Crippen molar-refractivity contribution < 1.29 is 13.2 Å². The predicted molar refractivity (Wildman–Crippen MR) is 107 cm³/mol. The fraction of sp³-hybridized carbons (Fsp3) is 0.263. The molecule has 0 atom stereocenters. The number of hydrogen-bond donors (Lipinski definition) is 1. The van der Waals surface area contributed by atoms with E-state index in [0.29, 0.717) is 23.0 Å². The van der Waals surface area contributed by atoms with Gasteiger partial charge in [0.15, 0.2) is 5.78 Å². The minimum absolute atomic E-state index is 0.0596. The number of tetrazole rings is 1. The average Bonchev–Trinajstić information content (AvgIpc) is 3.09. The molecule has 0 spiro atoms. The van der Waals surface area contributed by atoms with Gasteiger partial charge in [-0.15, -0.1) is 10.2 Å². The third-order valence-electron chi connectivity index (χ3n) is 4.08. The first kappa shape index (κ1) is 19.7. The quantitative estimate of drug-likeness (QED) is 0.612. The number of ketones is 1. The number of carbonyl (C=O) groups is 1. The van der Waals surface area contributed by atoms with E-state index in [1.54, 1.807) is 12.1 Å². The lowest BCUT2D eigenvalue weighted by atomic mass is 10.0. The van der Waals surface area contributed by atoms with Crippen molar-refractivity contribution in [1.29, 1.82) is 0 Å². The molecule has 0 amide bonds. The Hall–Kier alpha value is -3.07. The van der Waals surface area contributed by atoms with Crippen molar-refractivity contribution in [2.75, 3.05) is 11.0 Å². The van der Waals surface area contributed by atoms with E-state index in [2.05, 4.69) is 34.0 Å². The van der Waals surface area contributed by atoms with Crippen LogP contribution >= 0.6 is 0 Å². The van der Waals surface area contributed by atoms with Gasteiger partial charge >= 0.3 is 0 Å². The van der Waals surface area contributed by atoms with Gasteiger partial charge in [-0.3, -0.25) is 9.52 Å². The highest BCUT2D eigenvalue weighted by molar-refractivity contribution is 7.92. The zero-order chi connectivity index (χ0) is 20.3. The molecule has 0 bridgehead atoms. The zero-order valence-corrected chi connectivity index (χ0v) is 16.6. The van der Waals surface area contributed by atoms with Gasteiger partial charge in [0, 0.05) is 16.8 Å².